The van der Waals surface area contributed by atoms with Gasteiger partial charge in [0.1, 0.15) is 53.5 Å². The SMILES string of the molecule is CC[C@H](C)[C@H](NC(=O)[C@H](COC(C)(C)C)NC(=O)[C@@H](N)COC(C)(C)C)C(=O)N[C@@H](CCC(=O)OC(C)(C)C)C(=O)N[C@@H](COC(C)(C)C)C(=O)N[C@@H](CC(=O)OC(C)(C)C)C(=O)N[C@H](C(=O)O)C(C)C. The number of aliphatic carboxylic acids is 1. The molecule has 0 unspecified atom stereocenters. The van der Waals surface area contributed by atoms with Gasteiger partial charge in [0.05, 0.1) is 43.0 Å². The molecule has 410 valence electrons. The van der Waals surface area contributed by atoms with Gasteiger partial charge in [0, 0.05) is 6.42 Å². The van der Waals surface area contributed by atoms with E-state index in [1.807, 2.05) is 0 Å². The Kier molecular flexibility index (Phi) is 26.4. The molecule has 0 fully saturated rings. The summed E-state index contributed by atoms with van der Waals surface area (Å²) in [6, 6.07) is -10.2. The first-order valence-electron chi connectivity index (χ1n) is 24.2. The van der Waals surface area contributed by atoms with Crippen LogP contribution in [0.15, 0.2) is 0 Å². The van der Waals surface area contributed by atoms with Crippen LogP contribution in [0.4, 0.5) is 0 Å². The zero-order valence-corrected chi connectivity index (χ0v) is 45.9. The molecule has 0 heterocycles. The van der Waals surface area contributed by atoms with Crippen molar-refractivity contribution in [1.82, 2.24) is 31.9 Å². The summed E-state index contributed by atoms with van der Waals surface area (Å²) < 4.78 is 28.3. The van der Waals surface area contributed by atoms with Crippen LogP contribution >= 0.6 is 0 Å². The molecule has 0 aromatic rings. The summed E-state index contributed by atoms with van der Waals surface area (Å²) in [5.41, 5.74) is 1.95. The molecule has 0 aromatic carbocycles. The number of carbonyl (C=O) groups is 9. The van der Waals surface area contributed by atoms with E-state index in [4.69, 9.17) is 29.4 Å². The van der Waals surface area contributed by atoms with E-state index in [0.29, 0.717) is 6.42 Å². The van der Waals surface area contributed by atoms with Crippen LogP contribution < -0.4 is 37.6 Å². The van der Waals surface area contributed by atoms with Crippen LogP contribution in [0, 0.1) is 11.8 Å². The van der Waals surface area contributed by atoms with Gasteiger partial charge in [-0.05, 0) is 122 Å². The molecule has 71 heavy (non-hydrogen) atoms. The molecule has 9 N–H and O–H groups in total. The van der Waals surface area contributed by atoms with Gasteiger partial charge in [-0.3, -0.25) is 38.4 Å². The topological polar surface area (TPSA) is 318 Å². The second-order valence-corrected chi connectivity index (χ2v) is 23.0. The van der Waals surface area contributed by atoms with E-state index >= 15 is 0 Å². The Bertz CT molecular complexity index is 1810. The van der Waals surface area contributed by atoms with Crippen molar-refractivity contribution < 1.29 is 71.9 Å². The molecule has 0 aliphatic carbocycles. The van der Waals surface area contributed by atoms with E-state index in [9.17, 15) is 48.3 Å². The Morgan fingerprint density at radius 3 is 1.25 bits per heavy atom. The minimum atomic E-state index is -1.70. The van der Waals surface area contributed by atoms with Gasteiger partial charge in [0.2, 0.25) is 35.4 Å². The quantitative estimate of drug-likeness (QED) is 0.0548. The van der Waals surface area contributed by atoms with Gasteiger partial charge >= 0.3 is 17.9 Å². The molecule has 0 rings (SSSR count). The number of esters is 2. The van der Waals surface area contributed by atoms with Crippen molar-refractivity contribution in [2.75, 3.05) is 19.8 Å². The van der Waals surface area contributed by atoms with E-state index in [1.54, 1.807) is 132 Å². The Balaban J connectivity index is 7.19. The highest BCUT2D eigenvalue weighted by Crippen LogP contribution is 2.16. The van der Waals surface area contributed by atoms with Crippen molar-refractivity contribution in [3.8, 4) is 0 Å². The van der Waals surface area contributed by atoms with E-state index in [2.05, 4.69) is 31.9 Å². The predicted octanol–water partition coefficient (Wildman–Crippen LogP) is 2.31. The van der Waals surface area contributed by atoms with Crippen molar-refractivity contribution in [2.24, 2.45) is 17.6 Å². The molecule has 0 saturated heterocycles. The predicted molar refractivity (Wildman–Crippen MR) is 264 cm³/mol. The van der Waals surface area contributed by atoms with E-state index in [-0.39, 0.29) is 19.6 Å². The second-order valence-electron chi connectivity index (χ2n) is 23.0. The number of nitrogens with two attached hydrogens (primary N) is 1. The monoisotopic (exact) mass is 1020 g/mol. The molecule has 6 amide bonds. The fourth-order valence-electron chi connectivity index (χ4n) is 5.94. The lowest BCUT2D eigenvalue weighted by Gasteiger charge is -2.31. The number of nitrogens with one attached hydrogen (secondary N) is 6. The lowest BCUT2D eigenvalue weighted by molar-refractivity contribution is -0.157. The molecule has 22 heteroatoms. The van der Waals surface area contributed by atoms with Crippen LogP contribution in [0.5, 0.6) is 0 Å². The highest BCUT2D eigenvalue weighted by atomic mass is 16.6. The Labute approximate surface area is 421 Å². The third kappa shape index (κ3) is 29.2. The molecule has 0 aliphatic rings. The molecule has 22 nitrogen and oxygen atoms in total. The van der Waals surface area contributed by atoms with Crippen molar-refractivity contribution in [3.05, 3.63) is 0 Å². The number of hydrogen-bond acceptors (Lipinski definition) is 15. The molecular weight excluding hydrogens is 927 g/mol. The summed E-state index contributed by atoms with van der Waals surface area (Å²) >= 11 is 0. The van der Waals surface area contributed by atoms with Gasteiger partial charge in [-0.15, -0.1) is 0 Å². The molecule has 0 aliphatic heterocycles. The first-order chi connectivity index (χ1) is 32.0. The maximum Gasteiger partial charge on any atom is 0.326 e. The Hall–Kier alpha value is -4.93. The largest absolute Gasteiger partial charge is 0.480 e. The molecule has 8 atom stereocenters. The number of carboxylic acids is 1. The van der Waals surface area contributed by atoms with Crippen molar-refractivity contribution in [3.63, 3.8) is 0 Å². The van der Waals surface area contributed by atoms with Gasteiger partial charge < -0.3 is 66.4 Å². The van der Waals surface area contributed by atoms with Gasteiger partial charge in [-0.25, -0.2) is 4.79 Å². The normalized spacial score (nSPS) is 15.8. The van der Waals surface area contributed by atoms with Crippen LogP contribution in [0.1, 0.15) is 157 Å². The Morgan fingerprint density at radius 2 is 0.831 bits per heavy atom. The lowest BCUT2D eigenvalue weighted by Crippen LogP contribution is -2.62. The Morgan fingerprint density at radius 1 is 0.465 bits per heavy atom. The first kappa shape index (κ1) is 66.1. The summed E-state index contributed by atoms with van der Waals surface area (Å²) in [5, 5.41) is 25.0. The molecular formula is C49H89N7O15. The van der Waals surface area contributed by atoms with Crippen molar-refractivity contribution >= 4 is 53.4 Å². The van der Waals surface area contributed by atoms with Crippen LogP contribution in [-0.2, 0) is 66.8 Å². The van der Waals surface area contributed by atoms with Gasteiger partial charge in [0.25, 0.3) is 0 Å². The smallest absolute Gasteiger partial charge is 0.326 e. The molecule has 0 radical (unpaired) electrons. The summed E-state index contributed by atoms with van der Waals surface area (Å²) in [5.74, 6) is -9.65. The number of amides is 6. The van der Waals surface area contributed by atoms with E-state index in [0.717, 1.165) is 0 Å². The number of hydrogen-bond donors (Lipinski definition) is 8. The standard InChI is InChI=1S/C49H89N7O15/c1-20-28(4)37(56-42(63)33(26-69-47(11,12)13)53-38(59)29(50)24-67-45(5,6)7)43(64)51-30(21-22-34(57)70-48(14,15)16)39(60)54-32(25-68-46(8,9)10)41(62)52-31(23-35(58)71-49(17,18)19)40(61)55-36(27(2)3)44(65)66/h27-33,36-37H,20-26,50H2,1-19H3,(H,51,64)(H,52,62)(H,53,59)(H,54,60)(H,55,61)(H,56,63)(H,65,66)/t28-,29-,30-,31-,32-,33-,36-,37-/m0/s1. The second kappa shape index (κ2) is 28.3. The maximum absolute atomic E-state index is 14.4. The van der Waals surface area contributed by atoms with Crippen LogP contribution in [0.25, 0.3) is 0 Å². The van der Waals surface area contributed by atoms with Crippen LogP contribution in [0.2, 0.25) is 0 Å². The zero-order valence-electron chi connectivity index (χ0n) is 45.9. The average molecular weight is 1020 g/mol. The summed E-state index contributed by atoms with van der Waals surface area (Å²) in [7, 11) is 0. The minimum Gasteiger partial charge on any atom is -0.480 e. The van der Waals surface area contributed by atoms with Crippen LogP contribution in [0.3, 0.4) is 0 Å². The highest BCUT2D eigenvalue weighted by molar-refractivity contribution is 5.98. The highest BCUT2D eigenvalue weighted by Gasteiger charge is 2.38. The zero-order chi connectivity index (χ0) is 55.6. The summed E-state index contributed by atoms with van der Waals surface area (Å²) in [6.07, 6.45) is -1.17. The van der Waals surface area contributed by atoms with Gasteiger partial charge in [-0.2, -0.15) is 0 Å². The molecule has 0 aromatic heterocycles. The number of ether oxygens (including phenoxy) is 5. The average Bonchev–Trinajstić information content (AvgIpc) is 3.18. The van der Waals surface area contributed by atoms with Crippen LogP contribution in [-0.4, -0.2) is 149 Å². The fourth-order valence-corrected chi connectivity index (χ4v) is 5.94. The summed E-state index contributed by atoms with van der Waals surface area (Å²) in [6.45, 7) is 30.9. The molecule has 0 spiro atoms. The van der Waals surface area contributed by atoms with E-state index < -0.39 is 155 Å². The molecule has 0 saturated carbocycles. The minimum absolute atomic E-state index is 0.160. The fraction of sp³-hybridized carbons (Fsp3) is 0.816. The lowest BCUT2D eigenvalue weighted by atomic mass is 9.97. The van der Waals surface area contributed by atoms with Gasteiger partial charge in [0.15, 0.2) is 0 Å². The third-order valence-corrected chi connectivity index (χ3v) is 9.80. The number of carbonyl (C=O) groups excluding carboxylic acids is 8. The maximum atomic E-state index is 14.4. The number of rotatable bonds is 27. The third-order valence-electron chi connectivity index (χ3n) is 9.80. The number of carboxylic acid groups (broad SMARTS) is 1. The van der Waals surface area contributed by atoms with Crippen molar-refractivity contribution in [2.45, 2.75) is 228 Å². The summed E-state index contributed by atoms with van der Waals surface area (Å²) in [4.78, 5) is 122. The van der Waals surface area contributed by atoms with Gasteiger partial charge in [-0.1, -0.05) is 34.1 Å². The molecule has 0 bridgehead atoms. The first-order valence-corrected chi connectivity index (χ1v) is 24.2. The van der Waals surface area contributed by atoms with E-state index in [1.165, 1.54) is 0 Å². The van der Waals surface area contributed by atoms with Crippen molar-refractivity contribution in [1.29, 1.82) is 0 Å².